The molecule has 0 radical (unpaired) electrons. The fourth-order valence-corrected chi connectivity index (χ4v) is 2.92. The average molecular weight is 315 g/mol. The molecule has 0 spiro atoms. The number of methoxy groups -OCH3 is 1. The lowest BCUT2D eigenvalue weighted by atomic mass is 10.1. The minimum absolute atomic E-state index is 0.0269. The molecule has 0 aromatic heterocycles. The van der Waals surface area contributed by atoms with Gasteiger partial charge in [0.15, 0.2) is 0 Å². The van der Waals surface area contributed by atoms with Crippen molar-refractivity contribution in [3.8, 4) is 5.75 Å². The first-order valence-electron chi connectivity index (χ1n) is 7.89. The Morgan fingerprint density at radius 3 is 2.65 bits per heavy atom. The smallest absolute Gasteiger partial charge is 0.323 e. The van der Waals surface area contributed by atoms with Crippen LogP contribution in [0.15, 0.2) is 35.5 Å². The summed E-state index contributed by atoms with van der Waals surface area (Å²) in [6.07, 6.45) is 6.29. The molecule has 124 valence electrons. The maximum absolute atomic E-state index is 12.6. The maximum atomic E-state index is 12.6. The average Bonchev–Trinajstić information content (AvgIpc) is 3.12. The molecule has 0 bridgehead atoms. The number of carbonyl (C=O) groups excluding carboxylic acids is 1. The van der Waals surface area contributed by atoms with Gasteiger partial charge in [-0.15, -0.1) is 0 Å². The van der Waals surface area contributed by atoms with Gasteiger partial charge in [0.25, 0.3) is 0 Å². The highest BCUT2D eigenvalue weighted by atomic mass is 16.5. The quantitative estimate of drug-likeness (QED) is 0.779. The molecule has 1 aromatic rings. The van der Waals surface area contributed by atoms with Crippen molar-refractivity contribution >= 4 is 18.4 Å². The van der Waals surface area contributed by atoms with Crippen LogP contribution in [0.3, 0.4) is 0 Å². The van der Waals surface area contributed by atoms with E-state index in [4.69, 9.17) is 4.74 Å². The van der Waals surface area contributed by atoms with Gasteiger partial charge in [-0.25, -0.2) is 4.79 Å². The van der Waals surface area contributed by atoms with Crippen LogP contribution in [0.4, 0.5) is 4.79 Å². The molecule has 5 nitrogen and oxygen atoms in total. The standard InChI is InChI=1S/C18H25N3O2/c1-19-17(14-8-7-11-16(12-14)23-4)13-20(2)18(22)21(3)15-9-5-6-10-15/h7-8,11-13,15H,1,5-6,9-10H2,2-4H3/b17-13-. The van der Waals surface area contributed by atoms with Crippen molar-refractivity contribution in [2.45, 2.75) is 31.7 Å². The van der Waals surface area contributed by atoms with E-state index in [0.717, 1.165) is 24.2 Å². The lowest BCUT2D eigenvalue weighted by molar-refractivity contribution is 0.169. The first-order valence-corrected chi connectivity index (χ1v) is 7.89. The number of ether oxygens (including phenoxy) is 1. The van der Waals surface area contributed by atoms with E-state index in [-0.39, 0.29) is 6.03 Å². The van der Waals surface area contributed by atoms with Crippen LogP contribution in [0.5, 0.6) is 5.75 Å². The van der Waals surface area contributed by atoms with Crippen LogP contribution in [0, 0.1) is 0 Å². The third-order valence-electron chi connectivity index (χ3n) is 4.33. The van der Waals surface area contributed by atoms with Gasteiger partial charge in [0, 0.05) is 31.9 Å². The van der Waals surface area contributed by atoms with E-state index < -0.39 is 0 Å². The van der Waals surface area contributed by atoms with Crippen LogP contribution in [0.1, 0.15) is 31.2 Å². The van der Waals surface area contributed by atoms with Crippen molar-refractivity contribution in [1.82, 2.24) is 9.80 Å². The molecule has 1 aliphatic rings. The molecule has 0 saturated heterocycles. The van der Waals surface area contributed by atoms with Gasteiger partial charge in [0.05, 0.1) is 12.8 Å². The highest BCUT2D eigenvalue weighted by Crippen LogP contribution is 2.24. The summed E-state index contributed by atoms with van der Waals surface area (Å²) in [5.74, 6) is 0.745. The molecule has 1 aromatic carbocycles. The van der Waals surface area contributed by atoms with E-state index in [1.165, 1.54) is 12.8 Å². The summed E-state index contributed by atoms with van der Waals surface area (Å²) in [6.45, 7) is 3.62. The summed E-state index contributed by atoms with van der Waals surface area (Å²) in [7, 11) is 5.24. The number of urea groups is 1. The molecule has 2 rings (SSSR count). The fourth-order valence-electron chi connectivity index (χ4n) is 2.92. The maximum Gasteiger partial charge on any atom is 0.323 e. The molecule has 0 unspecified atom stereocenters. The summed E-state index contributed by atoms with van der Waals surface area (Å²) in [4.78, 5) is 20.0. The molecule has 1 saturated carbocycles. The Morgan fingerprint density at radius 1 is 1.35 bits per heavy atom. The summed E-state index contributed by atoms with van der Waals surface area (Å²) >= 11 is 0. The predicted octanol–water partition coefficient (Wildman–Crippen LogP) is 3.62. The number of rotatable bonds is 5. The van der Waals surface area contributed by atoms with E-state index in [1.807, 2.05) is 36.2 Å². The first kappa shape index (κ1) is 17.1. The van der Waals surface area contributed by atoms with Gasteiger partial charge in [0.1, 0.15) is 5.75 Å². The molecular formula is C18H25N3O2. The Labute approximate surface area is 138 Å². The number of benzene rings is 1. The second-order valence-electron chi connectivity index (χ2n) is 5.85. The van der Waals surface area contributed by atoms with Crippen molar-refractivity contribution in [3.05, 3.63) is 36.0 Å². The summed E-state index contributed by atoms with van der Waals surface area (Å²) in [6, 6.07) is 7.87. The molecule has 0 aliphatic heterocycles. The number of carbonyl (C=O) groups is 1. The molecule has 0 atom stereocenters. The van der Waals surface area contributed by atoms with E-state index in [1.54, 1.807) is 25.3 Å². The number of aliphatic imine (C=N–C) groups is 1. The number of hydrogen-bond donors (Lipinski definition) is 0. The highest BCUT2D eigenvalue weighted by Gasteiger charge is 2.25. The lowest BCUT2D eigenvalue weighted by Gasteiger charge is -2.28. The molecular weight excluding hydrogens is 290 g/mol. The van der Waals surface area contributed by atoms with Gasteiger partial charge < -0.3 is 14.5 Å². The normalized spacial score (nSPS) is 15.3. The molecule has 23 heavy (non-hydrogen) atoms. The Balaban J connectivity index is 2.15. The van der Waals surface area contributed by atoms with E-state index in [2.05, 4.69) is 11.7 Å². The molecule has 0 N–H and O–H groups in total. The third kappa shape index (κ3) is 4.12. The van der Waals surface area contributed by atoms with Crippen LogP contribution in [0.2, 0.25) is 0 Å². The second kappa shape index (κ2) is 7.81. The van der Waals surface area contributed by atoms with Crippen molar-refractivity contribution in [2.24, 2.45) is 4.99 Å². The van der Waals surface area contributed by atoms with Crippen molar-refractivity contribution in [1.29, 1.82) is 0 Å². The van der Waals surface area contributed by atoms with Crippen LogP contribution in [-0.2, 0) is 0 Å². The molecule has 1 fully saturated rings. The van der Waals surface area contributed by atoms with Gasteiger partial charge in [-0.2, -0.15) is 0 Å². The van der Waals surface area contributed by atoms with Crippen LogP contribution in [0.25, 0.3) is 5.70 Å². The lowest BCUT2D eigenvalue weighted by Crippen LogP contribution is -2.41. The molecule has 2 amide bonds. The SMILES string of the molecule is C=N/C(=C\N(C)C(=O)N(C)C1CCCC1)c1cccc(OC)c1. The minimum Gasteiger partial charge on any atom is -0.497 e. The highest BCUT2D eigenvalue weighted by molar-refractivity contribution is 5.78. The summed E-state index contributed by atoms with van der Waals surface area (Å²) in [5.41, 5.74) is 1.50. The van der Waals surface area contributed by atoms with E-state index in [9.17, 15) is 4.79 Å². The third-order valence-corrected chi connectivity index (χ3v) is 4.33. The van der Waals surface area contributed by atoms with Gasteiger partial charge >= 0.3 is 6.03 Å². The second-order valence-corrected chi connectivity index (χ2v) is 5.85. The van der Waals surface area contributed by atoms with Crippen LogP contribution < -0.4 is 4.74 Å². The van der Waals surface area contributed by atoms with Crippen molar-refractivity contribution < 1.29 is 9.53 Å². The number of amides is 2. The topological polar surface area (TPSA) is 45.1 Å². The summed E-state index contributed by atoms with van der Waals surface area (Å²) < 4.78 is 5.23. The Morgan fingerprint density at radius 2 is 2.04 bits per heavy atom. The van der Waals surface area contributed by atoms with Crippen molar-refractivity contribution in [3.63, 3.8) is 0 Å². The molecule has 5 heteroatoms. The zero-order chi connectivity index (χ0) is 16.8. The monoisotopic (exact) mass is 315 g/mol. The van der Waals surface area contributed by atoms with Crippen molar-refractivity contribution in [2.75, 3.05) is 21.2 Å². The molecule has 1 aliphatic carbocycles. The largest absolute Gasteiger partial charge is 0.497 e. The molecule has 0 heterocycles. The zero-order valence-corrected chi connectivity index (χ0v) is 14.2. The Hall–Kier alpha value is -2.30. The van der Waals surface area contributed by atoms with Crippen LogP contribution >= 0.6 is 0 Å². The Kier molecular flexibility index (Phi) is 5.79. The van der Waals surface area contributed by atoms with Gasteiger partial charge in [-0.1, -0.05) is 25.0 Å². The summed E-state index contributed by atoms with van der Waals surface area (Å²) in [5, 5.41) is 0. The first-order chi connectivity index (χ1) is 11.1. The van der Waals surface area contributed by atoms with Gasteiger partial charge in [0.2, 0.25) is 0 Å². The minimum atomic E-state index is -0.0269. The number of hydrogen-bond acceptors (Lipinski definition) is 3. The van der Waals surface area contributed by atoms with Gasteiger partial charge in [-0.05, 0) is 31.7 Å². The van der Waals surface area contributed by atoms with Gasteiger partial charge in [-0.3, -0.25) is 4.99 Å². The Bertz CT molecular complexity index is 592. The van der Waals surface area contributed by atoms with E-state index >= 15 is 0 Å². The zero-order valence-electron chi connectivity index (χ0n) is 14.2. The predicted molar refractivity (Wildman–Crippen MR) is 93.7 cm³/mol. The van der Waals surface area contributed by atoms with Crippen LogP contribution in [-0.4, -0.2) is 49.8 Å². The fraction of sp³-hybridized carbons (Fsp3) is 0.444. The van der Waals surface area contributed by atoms with E-state index in [0.29, 0.717) is 11.7 Å². The number of nitrogens with zero attached hydrogens (tertiary/aromatic N) is 3.